The molecule has 0 spiro atoms. The first-order valence-corrected chi connectivity index (χ1v) is 7.66. The van der Waals surface area contributed by atoms with Crippen LogP contribution in [0.4, 0.5) is 4.39 Å². The summed E-state index contributed by atoms with van der Waals surface area (Å²) in [7, 11) is 0. The summed E-state index contributed by atoms with van der Waals surface area (Å²) in [5, 5.41) is 7.27. The molecule has 4 nitrogen and oxygen atoms in total. The number of hydrogen-bond donors (Lipinski definition) is 1. The van der Waals surface area contributed by atoms with Crippen molar-refractivity contribution in [1.29, 1.82) is 0 Å². The molecule has 1 aromatic carbocycles. The molecule has 1 fully saturated rings. The normalized spacial score (nSPS) is 15.5. The Kier molecular flexibility index (Phi) is 4.22. The number of carbonyl (C=O) groups excluding carboxylic acids is 1. The van der Waals surface area contributed by atoms with Crippen molar-refractivity contribution in [2.45, 2.75) is 38.8 Å². The lowest BCUT2D eigenvalue weighted by molar-refractivity contribution is -0.122. The average molecular weight is 301 g/mol. The van der Waals surface area contributed by atoms with Gasteiger partial charge in [-0.05, 0) is 48.9 Å². The molecule has 1 atom stereocenters. The lowest BCUT2D eigenvalue weighted by Crippen LogP contribution is -2.30. The Balaban J connectivity index is 1.59. The topological polar surface area (TPSA) is 46.9 Å². The Morgan fingerprint density at radius 3 is 2.73 bits per heavy atom. The largest absolute Gasteiger partial charge is 0.349 e. The van der Waals surface area contributed by atoms with Crippen molar-refractivity contribution in [3.05, 3.63) is 53.6 Å². The molecule has 1 unspecified atom stereocenters. The molecule has 1 amide bonds. The maximum atomic E-state index is 13.0. The van der Waals surface area contributed by atoms with Gasteiger partial charge < -0.3 is 5.32 Å². The summed E-state index contributed by atoms with van der Waals surface area (Å²) < 4.78 is 14.8. The van der Waals surface area contributed by atoms with Gasteiger partial charge in [0, 0.05) is 19.2 Å². The van der Waals surface area contributed by atoms with Gasteiger partial charge in [-0.25, -0.2) is 4.39 Å². The first-order valence-electron chi connectivity index (χ1n) is 7.66. The van der Waals surface area contributed by atoms with E-state index in [1.165, 1.54) is 12.1 Å². The maximum absolute atomic E-state index is 13.0. The summed E-state index contributed by atoms with van der Waals surface area (Å²) in [4.78, 5) is 12.2. The molecule has 1 heterocycles. The second-order valence-electron chi connectivity index (χ2n) is 5.96. The quantitative estimate of drug-likeness (QED) is 0.891. The highest BCUT2D eigenvalue weighted by Gasteiger charge is 2.33. The fourth-order valence-electron chi connectivity index (χ4n) is 2.62. The molecule has 5 heteroatoms. The summed E-state index contributed by atoms with van der Waals surface area (Å²) in [6.45, 7) is 2.54. The monoisotopic (exact) mass is 301 g/mol. The lowest BCUT2D eigenvalue weighted by Gasteiger charge is -2.19. The molecular weight excluding hydrogens is 281 g/mol. The molecule has 1 saturated carbocycles. The number of hydrogen-bond acceptors (Lipinski definition) is 2. The van der Waals surface area contributed by atoms with E-state index in [4.69, 9.17) is 0 Å². The Morgan fingerprint density at radius 2 is 2.14 bits per heavy atom. The highest BCUT2D eigenvalue weighted by molar-refractivity contribution is 5.76. The number of aromatic nitrogens is 2. The summed E-state index contributed by atoms with van der Waals surface area (Å²) in [5.41, 5.74) is 2.06. The van der Waals surface area contributed by atoms with Crippen LogP contribution in [0, 0.1) is 18.7 Å². The third kappa shape index (κ3) is 3.72. The zero-order chi connectivity index (χ0) is 15.5. The van der Waals surface area contributed by atoms with Gasteiger partial charge in [0.25, 0.3) is 0 Å². The Bertz CT molecular complexity index is 646. The van der Waals surface area contributed by atoms with Crippen molar-refractivity contribution in [2.75, 3.05) is 0 Å². The van der Waals surface area contributed by atoms with E-state index in [0.29, 0.717) is 18.9 Å². The molecule has 0 aliphatic heterocycles. The van der Waals surface area contributed by atoms with Crippen LogP contribution in [0.5, 0.6) is 0 Å². The van der Waals surface area contributed by atoms with Crippen LogP contribution in [0.3, 0.4) is 0 Å². The molecule has 1 aliphatic carbocycles. The Hall–Kier alpha value is -2.17. The second-order valence-corrected chi connectivity index (χ2v) is 5.96. The zero-order valence-corrected chi connectivity index (χ0v) is 12.6. The van der Waals surface area contributed by atoms with Gasteiger partial charge in [-0.15, -0.1) is 0 Å². The molecule has 3 rings (SSSR count). The van der Waals surface area contributed by atoms with Crippen LogP contribution in [-0.2, 0) is 11.3 Å². The summed E-state index contributed by atoms with van der Waals surface area (Å²) in [6.07, 6.45) is 6.32. The molecule has 0 bridgehead atoms. The van der Waals surface area contributed by atoms with Gasteiger partial charge in [-0.3, -0.25) is 9.48 Å². The highest BCUT2D eigenvalue weighted by Crippen LogP contribution is 2.41. The van der Waals surface area contributed by atoms with Crippen LogP contribution in [-0.4, -0.2) is 15.7 Å². The minimum Gasteiger partial charge on any atom is -0.349 e. The molecule has 1 aromatic heterocycles. The number of nitrogens with zero attached hydrogens (tertiary/aromatic N) is 2. The number of carbonyl (C=O) groups is 1. The summed E-state index contributed by atoms with van der Waals surface area (Å²) in [5.74, 6) is 0.231. The van der Waals surface area contributed by atoms with E-state index in [1.807, 2.05) is 13.1 Å². The van der Waals surface area contributed by atoms with E-state index in [9.17, 15) is 9.18 Å². The summed E-state index contributed by atoms with van der Waals surface area (Å²) in [6, 6.07) is 6.41. The van der Waals surface area contributed by atoms with E-state index in [1.54, 1.807) is 23.0 Å². The third-order valence-corrected chi connectivity index (χ3v) is 3.97. The van der Waals surface area contributed by atoms with E-state index in [2.05, 4.69) is 10.4 Å². The number of rotatable bonds is 6. The number of benzene rings is 1. The van der Waals surface area contributed by atoms with Crippen LogP contribution in [0.25, 0.3) is 0 Å². The van der Waals surface area contributed by atoms with E-state index < -0.39 is 0 Å². The van der Waals surface area contributed by atoms with Gasteiger partial charge in [-0.2, -0.15) is 5.10 Å². The molecule has 1 aliphatic rings. The van der Waals surface area contributed by atoms with Gasteiger partial charge in [-0.1, -0.05) is 12.1 Å². The minimum atomic E-state index is -0.251. The van der Waals surface area contributed by atoms with Crippen molar-refractivity contribution in [3.8, 4) is 0 Å². The maximum Gasteiger partial charge on any atom is 0.222 e. The van der Waals surface area contributed by atoms with Gasteiger partial charge >= 0.3 is 0 Å². The number of nitrogens with one attached hydrogen (secondary N) is 1. The van der Waals surface area contributed by atoms with Gasteiger partial charge in [0.2, 0.25) is 5.91 Å². The smallest absolute Gasteiger partial charge is 0.222 e. The third-order valence-electron chi connectivity index (χ3n) is 3.97. The van der Waals surface area contributed by atoms with E-state index >= 15 is 0 Å². The molecule has 1 N–H and O–H groups in total. The van der Waals surface area contributed by atoms with E-state index in [-0.39, 0.29) is 17.8 Å². The van der Waals surface area contributed by atoms with Crippen LogP contribution >= 0.6 is 0 Å². The standard InChI is InChI=1S/C17H20FN3O/c1-12-10-19-21(11-12)9-8-16(22)20-17(13-2-3-13)14-4-6-15(18)7-5-14/h4-7,10-11,13,17H,2-3,8-9H2,1H3,(H,20,22). The second kappa shape index (κ2) is 6.30. The molecular formula is C17H20FN3O. The lowest BCUT2D eigenvalue weighted by atomic mass is 10.0. The zero-order valence-electron chi connectivity index (χ0n) is 12.6. The fraction of sp³-hybridized carbons (Fsp3) is 0.412. The van der Waals surface area contributed by atoms with Crippen LogP contribution < -0.4 is 5.32 Å². The SMILES string of the molecule is Cc1cnn(CCC(=O)NC(c2ccc(F)cc2)C2CC2)c1. The number of halogens is 1. The molecule has 22 heavy (non-hydrogen) atoms. The van der Waals surface area contributed by atoms with Crippen molar-refractivity contribution < 1.29 is 9.18 Å². The number of amides is 1. The first-order chi connectivity index (χ1) is 10.6. The highest BCUT2D eigenvalue weighted by atomic mass is 19.1. The average Bonchev–Trinajstić information content (AvgIpc) is 3.26. The van der Waals surface area contributed by atoms with E-state index in [0.717, 1.165) is 24.0 Å². The Labute approximate surface area is 129 Å². The Morgan fingerprint density at radius 1 is 1.41 bits per heavy atom. The predicted octanol–water partition coefficient (Wildman–Crippen LogP) is 2.99. The minimum absolute atomic E-state index is 0.00698. The molecule has 0 saturated heterocycles. The number of aryl methyl sites for hydroxylation is 2. The van der Waals surface area contributed by atoms with Crippen molar-refractivity contribution in [2.24, 2.45) is 5.92 Å². The fourth-order valence-corrected chi connectivity index (χ4v) is 2.62. The van der Waals surface area contributed by atoms with Gasteiger partial charge in [0.15, 0.2) is 0 Å². The van der Waals surface area contributed by atoms with Crippen LogP contribution in [0.1, 0.15) is 36.4 Å². The predicted molar refractivity (Wildman–Crippen MR) is 81.6 cm³/mol. The van der Waals surface area contributed by atoms with Crippen LogP contribution in [0.2, 0.25) is 0 Å². The van der Waals surface area contributed by atoms with Gasteiger partial charge in [0.05, 0.1) is 12.2 Å². The molecule has 116 valence electrons. The van der Waals surface area contributed by atoms with Crippen molar-refractivity contribution in [3.63, 3.8) is 0 Å². The van der Waals surface area contributed by atoms with Gasteiger partial charge in [0.1, 0.15) is 5.82 Å². The molecule has 2 aromatic rings. The molecule has 0 radical (unpaired) electrons. The van der Waals surface area contributed by atoms with Crippen LogP contribution in [0.15, 0.2) is 36.7 Å². The first kappa shape index (κ1) is 14.8. The van der Waals surface area contributed by atoms with Crippen molar-refractivity contribution >= 4 is 5.91 Å². The van der Waals surface area contributed by atoms with Crippen molar-refractivity contribution in [1.82, 2.24) is 15.1 Å². The summed E-state index contributed by atoms with van der Waals surface area (Å²) >= 11 is 0.